The second kappa shape index (κ2) is 8.73. The zero-order chi connectivity index (χ0) is 22.0. The Balaban J connectivity index is 1.89. The van der Waals surface area contributed by atoms with E-state index in [0.717, 1.165) is 33.1 Å². The van der Waals surface area contributed by atoms with Crippen LogP contribution in [0.1, 0.15) is 48.9 Å². The van der Waals surface area contributed by atoms with E-state index >= 15 is 0 Å². The minimum Gasteiger partial charge on any atom is -0.437 e. The molecule has 0 N–H and O–H groups in total. The summed E-state index contributed by atoms with van der Waals surface area (Å²) in [4.78, 5) is 8.59. The van der Waals surface area contributed by atoms with Crippen molar-refractivity contribution in [3.05, 3.63) is 89.1 Å². The molecule has 2 heterocycles. The SMILES string of the molecule is C/N=C/C=C(\C=C(/C)c1c(C)ccc2c1oc1ncccc12)c1cccc(C(C)C)c1. The zero-order valence-electron chi connectivity index (χ0n) is 18.8. The Hall–Kier alpha value is -3.46. The average molecular weight is 409 g/mol. The lowest BCUT2D eigenvalue weighted by molar-refractivity contribution is 0.652. The first-order valence-corrected chi connectivity index (χ1v) is 10.7. The number of aromatic nitrogens is 1. The Morgan fingerprint density at radius 3 is 2.68 bits per heavy atom. The van der Waals surface area contributed by atoms with Crippen LogP contribution in [0.15, 0.2) is 76.3 Å². The molecule has 156 valence electrons. The summed E-state index contributed by atoms with van der Waals surface area (Å²) in [5.41, 5.74) is 8.64. The summed E-state index contributed by atoms with van der Waals surface area (Å²) in [5.74, 6) is 0.477. The maximum Gasteiger partial charge on any atom is 0.227 e. The third kappa shape index (κ3) is 4.09. The van der Waals surface area contributed by atoms with Crippen LogP contribution in [0.4, 0.5) is 0 Å². The van der Waals surface area contributed by atoms with Crippen molar-refractivity contribution in [3.8, 4) is 0 Å². The van der Waals surface area contributed by atoms with Gasteiger partial charge in [-0.15, -0.1) is 0 Å². The maximum absolute atomic E-state index is 6.21. The van der Waals surface area contributed by atoms with E-state index in [1.807, 2.05) is 12.3 Å². The highest BCUT2D eigenvalue weighted by molar-refractivity contribution is 6.08. The second-order valence-electron chi connectivity index (χ2n) is 8.23. The van der Waals surface area contributed by atoms with Crippen LogP contribution in [0.3, 0.4) is 0 Å². The van der Waals surface area contributed by atoms with Crippen LogP contribution in [0.5, 0.6) is 0 Å². The topological polar surface area (TPSA) is 38.4 Å². The Labute approximate surface area is 183 Å². The minimum atomic E-state index is 0.477. The summed E-state index contributed by atoms with van der Waals surface area (Å²) < 4.78 is 6.21. The highest BCUT2D eigenvalue weighted by Crippen LogP contribution is 2.36. The molecular weight excluding hydrogens is 380 g/mol. The number of fused-ring (bicyclic) bond motifs is 3. The number of nitrogens with zero attached hydrogens (tertiary/aromatic N) is 2. The number of aliphatic imine (C=N–C) groups is 1. The van der Waals surface area contributed by atoms with Gasteiger partial charge in [-0.25, -0.2) is 4.98 Å². The Morgan fingerprint density at radius 2 is 1.90 bits per heavy atom. The number of furan rings is 1. The van der Waals surface area contributed by atoms with Crippen molar-refractivity contribution in [3.63, 3.8) is 0 Å². The molecule has 0 aliphatic rings. The van der Waals surface area contributed by atoms with Gasteiger partial charge in [-0.1, -0.05) is 56.3 Å². The predicted octanol–water partition coefficient (Wildman–Crippen LogP) is 7.60. The molecule has 0 spiro atoms. The molecule has 3 nitrogen and oxygen atoms in total. The molecule has 2 aromatic carbocycles. The van der Waals surface area contributed by atoms with Gasteiger partial charge in [0.05, 0.1) is 0 Å². The molecule has 31 heavy (non-hydrogen) atoms. The van der Waals surface area contributed by atoms with Crippen molar-refractivity contribution >= 4 is 39.4 Å². The van der Waals surface area contributed by atoms with Crippen LogP contribution < -0.4 is 0 Å². The Bertz CT molecular complexity index is 1340. The minimum absolute atomic E-state index is 0.477. The molecule has 3 heteroatoms. The predicted molar refractivity (Wildman–Crippen MR) is 133 cm³/mol. The van der Waals surface area contributed by atoms with Crippen LogP contribution in [-0.2, 0) is 0 Å². The number of aryl methyl sites for hydroxylation is 1. The van der Waals surface area contributed by atoms with Gasteiger partial charge >= 0.3 is 0 Å². The van der Waals surface area contributed by atoms with Crippen molar-refractivity contribution in [2.24, 2.45) is 4.99 Å². The lowest BCUT2D eigenvalue weighted by atomic mass is 9.93. The highest BCUT2D eigenvalue weighted by Gasteiger charge is 2.15. The molecule has 0 unspecified atom stereocenters. The third-order valence-electron chi connectivity index (χ3n) is 5.68. The Morgan fingerprint density at radius 1 is 1.06 bits per heavy atom. The van der Waals surface area contributed by atoms with Gasteiger partial charge in [-0.3, -0.25) is 4.99 Å². The molecule has 0 aliphatic heterocycles. The summed E-state index contributed by atoms with van der Waals surface area (Å²) >= 11 is 0. The number of hydrogen-bond acceptors (Lipinski definition) is 3. The monoisotopic (exact) mass is 408 g/mol. The largest absolute Gasteiger partial charge is 0.437 e. The van der Waals surface area contributed by atoms with Gasteiger partial charge in [0.1, 0.15) is 5.58 Å². The molecule has 0 amide bonds. The van der Waals surface area contributed by atoms with Crippen molar-refractivity contribution in [2.75, 3.05) is 7.05 Å². The van der Waals surface area contributed by atoms with Gasteiger partial charge in [0.15, 0.2) is 0 Å². The first-order valence-electron chi connectivity index (χ1n) is 10.7. The molecule has 0 atom stereocenters. The summed E-state index contributed by atoms with van der Waals surface area (Å²) in [7, 11) is 1.79. The van der Waals surface area contributed by atoms with Gasteiger partial charge in [-0.2, -0.15) is 0 Å². The zero-order valence-corrected chi connectivity index (χ0v) is 18.8. The first kappa shape index (κ1) is 20.8. The van der Waals surface area contributed by atoms with E-state index in [0.29, 0.717) is 11.6 Å². The molecular formula is C28H28N2O. The standard InChI is InChI=1S/C28H28N2O/c1-18(2)21-8-6-9-22(17-21)23(13-15-29-5)16-20(4)26-19(3)11-12-24-25-10-7-14-30-28(25)31-27(24)26/h6-18H,1-5H3/b20-16+,23-13+,29-15+. The Kier molecular flexibility index (Phi) is 5.85. The molecule has 0 bridgehead atoms. The van der Waals surface area contributed by atoms with E-state index in [9.17, 15) is 0 Å². The normalized spacial score (nSPS) is 13.2. The van der Waals surface area contributed by atoms with E-state index in [4.69, 9.17) is 4.42 Å². The summed E-state index contributed by atoms with van der Waals surface area (Å²) in [6.45, 7) is 8.71. The molecule has 0 saturated carbocycles. The van der Waals surface area contributed by atoms with Crippen molar-refractivity contribution < 1.29 is 4.42 Å². The fraction of sp³-hybridized carbons (Fsp3) is 0.214. The van der Waals surface area contributed by atoms with Gasteiger partial charge in [0.25, 0.3) is 0 Å². The molecule has 4 rings (SSSR count). The maximum atomic E-state index is 6.21. The van der Waals surface area contributed by atoms with Gasteiger partial charge in [0, 0.05) is 35.8 Å². The fourth-order valence-corrected chi connectivity index (χ4v) is 4.03. The van der Waals surface area contributed by atoms with E-state index in [1.165, 1.54) is 16.7 Å². The molecule has 4 aromatic rings. The van der Waals surface area contributed by atoms with E-state index < -0.39 is 0 Å². The van der Waals surface area contributed by atoms with Crippen molar-refractivity contribution in [1.82, 2.24) is 4.98 Å². The van der Waals surface area contributed by atoms with Crippen molar-refractivity contribution in [2.45, 2.75) is 33.6 Å². The number of pyridine rings is 1. The number of allylic oxidation sites excluding steroid dienone is 4. The molecule has 0 saturated heterocycles. The molecule has 0 aliphatic carbocycles. The smallest absolute Gasteiger partial charge is 0.227 e. The van der Waals surface area contributed by atoms with Crippen LogP contribution in [0.2, 0.25) is 0 Å². The van der Waals surface area contributed by atoms with E-state index in [2.05, 4.69) is 92.3 Å². The number of rotatable bonds is 5. The van der Waals surface area contributed by atoms with E-state index in [-0.39, 0.29) is 0 Å². The van der Waals surface area contributed by atoms with Gasteiger partial charge in [0.2, 0.25) is 5.71 Å². The lowest BCUT2D eigenvalue weighted by Crippen LogP contribution is -1.92. The van der Waals surface area contributed by atoms with Crippen LogP contribution >= 0.6 is 0 Å². The van der Waals surface area contributed by atoms with Crippen molar-refractivity contribution in [1.29, 1.82) is 0 Å². The van der Waals surface area contributed by atoms with E-state index in [1.54, 1.807) is 13.2 Å². The highest BCUT2D eigenvalue weighted by atomic mass is 16.3. The molecule has 2 aromatic heterocycles. The number of hydrogen-bond donors (Lipinski definition) is 0. The summed E-state index contributed by atoms with van der Waals surface area (Å²) in [6, 6.07) is 17.0. The van der Waals surface area contributed by atoms with Crippen LogP contribution in [-0.4, -0.2) is 18.2 Å². The van der Waals surface area contributed by atoms with Gasteiger partial charge in [-0.05, 0) is 65.8 Å². The summed E-state index contributed by atoms with van der Waals surface area (Å²) in [5, 5.41) is 2.14. The first-order chi connectivity index (χ1) is 15.0. The fourth-order valence-electron chi connectivity index (χ4n) is 4.03. The lowest BCUT2D eigenvalue weighted by Gasteiger charge is -2.11. The third-order valence-corrected chi connectivity index (χ3v) is 5.68. The second-order valence-corrected chi connectivity index (χ2v) is 8.23. The number of benzene rings is 2. The average Bonchev–Trinajstić information content (AvgIpc) is 3.14. The van der Waals surface area contributed by atoms with Crippen LogP contribution in [0, 0.1) is 6.92 Å². The molecule has 0 radical (unpaired) electrons. The van der Waals surface area contributed by atoms with Crippen LogP contribution in [0.25, 0.3) is 33.2 Å². The van der Waals surface area contributed by atoms with Gasteiger partial charge < -0.3 is 4.42 Å². The quantitative estimate of drug-likeness (QED) is 0.252. The summed E-state index contributed by atoms with van der Waals surface area (Å²) in [6.07, 6.45) is 7.91. The molecule has 0 fully saturated rings.